The summed E-state index contributed by atoms with van der Waals surface area (Å²) in [5, 5.41) is 19.9. The van der Waals surface area contributed by atoms with E-state index in [1.165, 1.54) is 12.1 Å². The lowest BCUT2D eigenvalue weighted by Crippen LogP contribution is -2.15. The first-order chi connectivity index (χ1) is 8.51. The van der Waals surface area contributed by atoms with Gasteiger partial charge in [0.15, 0.2) is 5.92 Å². The normalized spacial score (nSPS) is 11.4. The van der Waals surface area contributed by atoms with Gasteiger partial charge in [0.25, 0.3) is 5.69 Å². The summed E-state index contributed by atoms with van der Waals surface area (Å²) in [6.07, 6.45) is 0. The Bertz CT molecular complexity index is 519. The predicted octanol–water partition coefficient (Wildman–Crippen LogP) is 2.07. The molecule has 0 N–H and O–H groups in total. The minimum absolute atomic E-state index is 0.0616. The van der Waals surface area contributed by atoms with Gasteiger partial charge in [0.05, 0.1) is 23.2 Å². The number of nitrogens with zero attached hydrogens (tertiary/aromatic N) is 2. The van der Waals surface area contributed by atoms with Crippen LogP contribution in [-0.2, 0) is 9.53 Å². The zero-order valence-corrected chi connectivity index (χ0v) is 10.0. The van der Waals surface area contributed by atoms with E-state index >= 15 is 0 Å². The van der Waals surface area contributed by atoms with Gasteiger partial charge < -0.3 is 4.74 Å². The molecule has 1 rings (SSSR count). The van der Waals surface area contributed by atoms with E-state index < -0.39 is 16.8 Å². The molecule has 0 fully saturated rings. The Hall–Kier alpha value is -2.42. The first-order valence-electron chi connectivity index (χ1n) is 5.32. The van der Waals surface area contributed by atoms with Crippen molar-refractivity contribution in [3.8, 4) is 6.07 Å². The molecule has 0 radical (unpaired) electrons. The number of nitro benzene ring substituents is 1. The summed E-state index contributed by atoms with van der Waals surface area (Å²) in [5.74, 6) is -2.04. The molecule has 1 atom stereocenters. The van der Waals surface area contributed by atoms with Crippen LogP contribution >= 0.6 is 0 Å². The van der Waals surface area contributed by atoms with Crippen LogP contribution in [-0.4, -0.2) is 17.5 Å². The van der Waals surface area contributed by atoms with Gasteiger partial charge in [0.2, 0.25) is 0 Å². The van der Waals surface area contributed by atoms with Crippen molar-refractivity contribution in [3.63, 3.8) is 0 Å². The Kier molecular flexibility index (Phi) is 4.38. The van der Waals surface area contributed by atoms with E-state index in [4.69, 9.17) is 10.00 Å². The highest BCUT2D eigenvalue weighted by atomic mass is 16.6. The Morgan fingerprint density at radius 1 is 1.61 bits per heavy atom. The van der Waals surface area contributed by atoms with Crippen molar-refractivity contribution < 1.29 is 14.5 Å². The first kappa shape index (κ1) is 13.6. The molecule has 0 spiro atoms. The molecule has 1 unspecified atom stereocenters. The number of carbonyl (C=O) groups is 1. The molecule has 0 saturated carbocycles. The molecule has 0 aliphatic rings. The summed E-state index contributed by atoms with van der Waals surface area (Å²) in [6.45, 7) is 3.43. The highest BCUT2D eigenvalue weighted by Gasteiger charge is 2.29. The van der Waals surface area contributed by atoms with Gasteiger partial charge in [-0.25, -0.2) is 0 Å². The summed E-state index contributed by atoms with van der Waals surface area (Å²) < 4.78 is 4.73. The van der Waals surface area contributed by atoms with Crippen LogP contribution < -0.4 is 0 Å². The second kappa shape index (κ2) is 5.77. The lowest BCUT2D eigenvalue weighted by molar-refractivity contribution is -0.385. The van der Waals surface area contributed by atoms with Gasteiger partial charge in [-0.2, -0.15) is 5.26 Å². The van der Waals surface area contributed by atoms with Gasteiger partial charge >= 0.3 is 5.97 Å². The van der Waals surface area contributed by atoms with Gasteiger partial charge in [-0.3, -0.25) is 14.9 Å². The van der Waals surface area contributed by atoms with E-state index in [0.717, 1.165) is 0 Å². The summed E-state index contributed by atoms with van der Waals surface area (Å²) in [4.78, 5) is 21.9. The Balaban J connectivity index is 3.26. The molecule has 1 aromatic carbocycles. The van der Waals surface area contributed by atoms with Crippen molar-refractivity contribution in [3.05, 3.63) is 39.4 Å². The van der Waals surface area contributed by atoms with Crippen molar-refractivity contribution in [2.24, 2.45) is 0 Å². The predicted molar refractivity (Wildman–Crippen MR) is 62.8 cm³/mol. The van der Waals surface area contributed by atoms with E-state index in [9.17, 15) is 14.9 Å². The topological polar surface area (TPSA) is 93.2 Å². The lowest BCUT2D eigenvalue weighted by atomic mass is 9.97. The van der Waals surface area contributed by atoms with E-state index in [-0.39, 0.29) is 17.9 Å². The fraction of sp³-hybridized carbons (Fsp3) is 0.333. The number of nitro groups is 1. The first-order valence-corrected chi connectivity index (χ1v) is 5.32. The molecule has 94 valence electrons. The summed E-state index contributed by atoms with van der Waals surface area (Å²) in [5.41, 5.74) is 0.507. The molecular weight excluding hydrogens is 236 g/mol. The monoisotopic (exact) mass is 248 g/mol. The largest absolute Gasteiger partial charge is 0.465 e. The smallest absolute Gasteiger partial charge is 0.328 e. The third kappa shape index (κ3) is 2.83. The molecule has 0 aromatic heterocycles. The van der Waals surface area contributed by atoms with E-state index in [0.29, 0.717) is 5.56 Å². The molecule has 18 heavy (non-hydrogen) atoms. The maximum absolute atomic E-state index is 11.6. The third-order valence-corrected chi connectivity index (χ3v) is 2.35. The second-order valence-corrected chi connectivity index (χ2v) is 3.63. The average molecular weight is 248 g/mol. The van der Waals surface area contributed by atoms with Gasteiger partial charge in [0, 0.05) is 6.07 Å². The van der Waals surface area contributed by atoms with Crippen molar-refractivity contribution in [1.82, 2.24) is 0 Å². The zero-order valence-electron chi connectivity index (χ0n) is 10.0. The summed E-state index contributed by atoms with van der Waals surface area (Å²) in [7, 11) is 0. The van der Waals surface area contributed by atoms with Crippen LogP contribution in [0.3, 0.4) is 0 Å². The van der Waals surface area contributed by atoms with Crippen LogP contribution in [0.2, 0.25) is 0 Å². The number of hydrogen-bond donors (Lipinski definition) is 0. The number of benzene rings is 1. The van der Waals surface area contributed by atoms with Crippen molar-refractivity contribution in [1.29, 1.82) is 5.26 Å². The number of carbonyl (C=O) groups excluding carboxylic acids is 1. The number of aryl methyl sites for hydroxylation is 1. The molecule has 0 aliphatic heterocycles. The molecule has 6 nitrogen and oxygen atoms in total. The quantitative estimate of drug-likeness (QED) is 0.462. The maximum atomic E-state index is 11.6. The van der Waals surface area contributed by atoms with Gasteiger partial charge in [-0.1, -0.05) is 6.07 Å². The van der Waals surface area contributed by atoms with Gasteiger partial charge in [0.1, 0.15) is 0 Å². The molecule has 0 amide bonds. The fourth-order valence-electron chi connectivity index (χ4n) is 1.53. The van der Waals surface area contributed by atoms with Crippen LogP contribution in [0, 0.1) is 28.4 Å². The minimum atomic E-state index is -1.27. The standard InChI is InChI=1S/C12H12N2O4/c1-3-18-12(15)10(7-13)9-5-4-8(2)6-11(9)14(16)17/h4-6,10H,3H2,1-2H3. The number of ether oxygens (including phenoxy) is 1. The highest BCUT2D eigenvalue weighted by Crippen LogP contribution is 2.28. The van der Waals surface area contributed by atoms with Crippen LogP contribution in [0.25, 0.3) is 0 Å². The van der Waals surface area contributed by atoms with Crippen LogP contribution in [0.15, 0.2) is 18.2 Å². The molecule has 0 saturated heterocycles. The van der Waals surface area contributed by atoms with Crippen molar-refractivity contribution >= 4 is 11.7 Å². The van der Waals surface area contributed by atoms with E-state index in [1.54, 1.807) is 26.0 Å². The van der Waals surface area contributed by atoms with E-state index in [2.05, 4.69) is 0 Å². The second-order valence-electron chi connectivity index (χ2n) is 3.63. The molecule has 6 heteroatoms. The third-order valence-electron chi connectivity index (χ3n) is 2.35. The molecule has 0 heterocycles. The molecular formula is C12H12N2O4. The van der Waals surface area contributed by atoms with Gasteiger partial charge in [-0.05, 0) is 25.5 Å². The molecule has 1 aromatic rings. The van der Waals surface area contributed by atoms with Crippen LogP contribution in [0.5, 0.6) is 0 Å². The minimum Gasteiger partial charge on any atom is -0.465 e. The number of esters is 1. The molecule has 0 aliphatic carbocycles. The molecule has 0 bridgehead atoms. The van der Waals surface area contributed by atoms with Crippen molar-refractivity contribution in [2.75, 3.05) is 6.61 Å². The summed E-state index contributed by atoms with van der Waals surface area (Å²) >= 11 is 0. The highest BCUT2D eigenvalue weighted by molar-refractivity contribution is 5.83. The lowest BCUT2D eigenvalue weighted by Gasteiger charge is -2.09. The Labute approximate surface area is 104 Å². The Morgan fingerprint density at radius 2 is 2.28 bits per heavy atom. The fourth-order valence-corrected chi connectivity index (χ4v) is 1.53. The van der Waals surface area contributed by atoms with Gasteiger partial charge in [-0.15, -0.1) is 0 Å². The SMILES string of the molecule is CCOC(=O)C(C#N)c1ccc(C)cc1[N+](=O)[O-]. The van der Waals surface area contributed by atoms with Crippen LogP contribution in [0.1, 0.15) is 24.0 Å². The van der Waals surface area contributed by atoms with Crippen LogP contribution in [0.4, 0.5) is 5.69 Å². The number of rotatable bonds is 4. The summed E-state index contributed by atoms with van der Waals surface area (Å²) in [6, 6.07) is 6.10. The maximum Gasteiger partial charge on any atom is 0.328 e. The zero-order chi connectivity index (χ0) is 13.7. The van der Waals surface area contributed by atoms with E-state index in [1.807, 2.05) is 0 Å². The average Bonchev–Trinajstić information content (AvgIpc) is 2.32. The van der Waals surface area contributed by atoms with Crippen molar-refractivity contribution in [2.45, 2.75) is 19.8 Å². The Morgan fingerprint density at radius 3 is 2.78 bits per heavy atom. The number of nitriles is 1. The number of hydrogen-bond acceptors (Lipinski definition) is 5.